The van der Waals surface area contributed by atoms with E-state index in [1.165, 1.54) is 0 Å². The number of aromatic amines is 1. The van der Waals surface area contributed by atoms with Gasteiger partial charge in [0.2, 0.25) is 0 Å². The Morgan fingerprint density at radius 1 is 0.895 bits per heavy atom. The number of nitrogens with zero attached hydrogens (tertiary/aromatic N) is 1. The lowest BCUT2D eigenvalue weighted by atomic mass is 10.1. The Labute approximate surface area is 111 Å². The van der Waals surface area contributed by atoms with Gasteiger partial charge < -0.3 is 10.1 Å². The Hall–Kier alpha value is -2.39. The van der Waals surface area contributed by atoms with E-state index in [0.717, 1.165) is 28.2 Å². The van der Waals surface area contributed by atoms with Gasteiger partial charge in [0.05, 0.1) is 18.5 Å². The van der Waals surface area contributed by atoms with Crippen molar-refractivity contribution in [3.05, 3.63) is 66.4 Å². The minimum Gasteiger partial charge on any atom is -0.392 e. The van der Waals surface area contributed by atoms with Crippen LogP contribution in [0, 0.1) is 0 Å². The van der Waals surface area contributed by atoms with Gasteiger partial charge in [0.25, 0.3) is 0 Å². The van der Waals surface area contributed by atoms with Gasteiger partial charge in [-0.05, 0) is 11.1 Å². The van der Waals surface area contributed by atoms with E-state index in [0.29, 0.717) is 0 Å². The van der Waals surface area contributed by atoms with Gasteiger partial charge in [-0.2, -0.15) is 0 Å². The monoisotopic (exact) mass is 250 g/mol. The number of imidazole rings is 1. The molecule has 19 heavy (non-hydrogen) atoms. The van der Waals surface area contributed by atoms with Crippen LogP contribution in [0.3, 0.4) is 0 Å². The molecule has 3 heteroatoms. The maximum Gasteiger partial charge on any atom is 0.137 e. The molecular weight excluding hydrogens is 236 g/mol. The number of rotatable bonds is 3. The van der Waals surface area contributed by atoms with Gasteiger partial charge in [-0.1, -0.05) is 54.6 Å². The summed E-state index contributed by atoms with van der Waals surface area (Å²) < 4.78 is 0. The van der Waals surface area contributed by atoms with Crippen LogP contribution in [0.25, 0.3) is 22.6 Å². The van der Waals surface area contributed by atoms with Gasteiger partial charge in [-0.15, -0.1) is 0 Å². The van der Waals surface area contributed by atoms with Crippen LogP contribution in [0.4, 0.5) is 0 Å². The van der Waals surface area contributed by atoms with E-state index < -0.39 is 0 Å². The highest BCUT2D eigenvalue weighted by Crippen LogP contribution is 2.22. The molecule has 0 fully saturated rings. The largest absolute Gasteiger partial charge is 0.392 e. The average Bonchev–Trinajstić information content (AvgIpc) is 2.98. The highest BCUT2D eigenvalue weighted by atomic mass is 16.3. The first-order valence-corrected chi connectivity index (χ1v) is 6.17. The van der Waals surface area contributed by atoms with Crippen LogP contribution in [-0.4, -0.2) is 15.1 Å². The summed E-state index contributed by atoms with van der Waals surface area (Å²) in [7, 11) is 0. The summed E-state index contributed by atoms with van der Waals surface area (Å²) in [4.78, 5) is 7.71. The van der Waals surface area contributed by atoms with Crippen molar-refractivity contribution >= 4 is 0 Å². The quantitative estimate of drug-likeness (QED) is 0.749. The molecule has 3 nitrogen and oxygen atoms in total. The third-order valence-electron chi connectivity index (χ3n) is 3.07. The Kier molecular flexibility index (Phi) is 3.12. The normalized spacial score (nSPS) is 10.6. The van der Waals surface area contributed by atoms with E-state index >= 15 is 0 Å². The van der Waals surface area contributed by atoms with Crippen molar-refractivity contribution in [1.29, 1.82) is 0 Å². The van der Waals surface area contributed by atoms with Crippen LogP contribution in [0.5, 0.6) is 0 Å². The minimum atomic E-state index is 0.0632. The Balaban J connectivity index is 1.92. The van der Waals surface area contributed by atoms with E-state index in [9.17, 15) is 0 Å². The second-order valence-corrected chi connectivity index (χ2v) is 4.37. The number of aliphatic hydroxyl groups excluding tert-OH is 1. The standard InChI is InChI=1S/C16H14N2O/c19-11-12-6-8-14(9-7-12)16-17-10-15(18-16)13-4-2-1-3-5-13/h1-10,19H,11H2,(H,17,18). The Bertz CT molecular complexity index is 657. The van der Waals surface area contributed by atoms with Gasteiger partial charge >= 0.3 is 0 Å². The van der Waals surface area contributed by atoms with Crippen molar-refractivity contribution in [2.24, 2.45) is 0 Å². The molecule has 1 aromatic heterocycles. The molecule has 0 aliphatic heterocycles. The van der Waals surface area contributed by atoms with E-state index in [1.807, 2.05) is 60.8 Å². The molecule has 0 bridgehead atoms. The van der Waals surface area contributed by atoms with Gasteiger partial charge in [0.15, 0.2) is 0 Å². The summed E-state index contributed by atoms with van der Waals surface area (Å²) in [5, 5.41) is 9.03. The third kappa shape index (κ3) is 2.41. The highest BCUT2D eigenvalue weighted by molar-refractivity contribution is 5.64. The lowest BCUT2D eigenvalue weighted by molar-refractivity contribution is 0.282. The van der Waals surface area contributed by atoms with Crippen molar-refractivity contribution in [3.63, 3.8) is 0 Å². The number of aromatic nitrogens is 2. The molecule has 0 unspecified atom stereocenters. The molecule has 3 rings (SSSR count). The summed E-state index contributed by atoms with van der Waals surface area (Å²) in [6.07, 6.45) is 1.84. The van der Waals surface area contributed by atoms with E-state index in [2.05, 4.69) is 9.97 Å². The molecule has 0 spiro atoms. The zero-order valence-corrected chi connectivity index (χ0v) is 10.4. The first-order valence-electron chi connectivity index (χ1n) is 6.17. The number of aliphatic hydroxyl groups is 1. The summed E-state index contributed by atoms with van der Waals surface area (Å²) in [5.74, 6) is 0.836. The van der Waals surface area contributed by atoms with E-state index in [1.54, 1.807) is 0 Å². The van der Waals surface area contributed by atoms with Gasteiger partial charge in [-0.3, -0.25) is 0 Å². The molecule has 1 heterocycles. The fraction of sp³-hybridized carbons (Fsp3) is 0.0625. The Morgan fingerprint density at radius 2 is 1.63 bits per heavy atom. The fourth-order valence-corrected chi connectivity index (χ4v) is 2.00. The topological polar surface area (TPSA) is 48.9 Å². The number of nitrogens with one attached hydrogen (secondary N) is 1. The molecule has 0 atom stereocenters. The van der Waals surface area contributed by atoms with E-state index in [-0.39, 0.29) is 6.61 Å². The number of hydrogen-bond acceptors (Lipinski definition) is 2. The first-order chi connectivity index (χ1) is 9.36. The van der Waals surface area contributed by atoms with Crippen molar-refractivity contribution in [2.75, 3.05) is 0 Å². The molecule has 0 radical (unpaired) electrons. The summed E-state index contributed by atoms with van der Waals surface area (Å²) in [5.41, 5.74) is 4.04. The average molecular weight is 250 g/mol. The van der Waals surface area contributed by atoms with Gasteiger partial charge in [0.1, 0.15) is 5.82 Å². The summed E-state index contributed by atoms with van der Waals surface area (Å²) in [6.45, 7) is 0.0632. The van der Waals surface area contributed by atoms with Crippen LogP contribution >= 0.6 is 0 Å². The molecule has 0 saturated heterocycles. The molecule has 94 valence electrons. The molecule has 0 saturated carbocycles. The third-order valence-corrected chi connectivity index (χ3v) is 3.07. The second kappa shape index (κ2) is 5.08. The molecule has 0 amide bonds. The van der Waals surface area contributed by atoms with Crippen molar-refractivity contribution in [3.8, 4) is 22.6 Å². The maximum absolute atomic E-state index is 9.03. The molecule has 0 aliphatic carbocycles. The van der Waals surface area contributed by atoms with Crippen molar-refractivity contribution in [1.82, 2.24) is 9.97 Å². The van der Waals surface area contributed by atoms with Crippen LogP contribution in [0.15, 0.2) is 60.8 Å². The van der Waals surface area contributed by atoms with Crippen LogP contribution < -0.4 is 0 Å². The first kappa shape index (κ1) is 11.7. The molecule has 2 aromatic carbocycles. The number of H-pyrrole nitrogens is 1. The van der Waals surface area contributed by atoms with Crippen LogP contribution in [0.1, 0.15) is 5.56 Å². The maximum atomic E-state index is 9.03. The molecule has 2 N–H and O–H groups in total. The lowest BCUT2D eigenvalue weighted by Gasteiger charge is -1.99. The smallest absolute Gasteiger partial charge is 0.137 e. The van der Waals surface area contributed by atoms with Crippen LogP contribution in [0.2, 0.25) is 0 Å². The fourth-order valence-electron chi connectivity index (χ4n) is 2.00. The van der Waals surface area contributed by atoms with Crippen LogP contribution in [-0.2, 0) is 6.61 Å². The zero-order valence-electron chi connectivity index (χ0n) is 10.4. The van der Waals surface area contributed by atoms with Crippen molar-refractivity contribution < 1.29 is 5.11 Å². The van der Waals surface area contributed by atoms with E-state index in [4.69, 9.17) is 5.11 Å². The van der Waals surface area contributed by atoms with Gasteiger partial charge in [-0.25, -0.2) is 4.98 Å². The minimum absolute atomic E-state index is 0.0632. The number of hydrogen-bond donors (Lipinski definition) is 2. The molecule has 0 aliphatic rings. The highest BCUT2D eigenvalue weighted by Gasteiger charge is 2.04. The lowest BCUT2D eigenvalue weighted by Crippen LogP contribution is -1.84. The van der Waals surface area contributed by atoms with Gasteiger partial charge in [0, 0.05) is 5.56 Å². The van der Waals surface area contributed by atoms with Crippen molar-refractivity contribution in [2.45, 2.75) is 6.61 Å². The summed E-state index contributed by atoms with van der Waals surface area (Å²) >= 11 is 0. The predicted octanol–water partition coefficient (Wildman–Crippen LogP) is 3.24. The predicted molar refractivity (Wildman–Crippen MR) is 75.4 cm³/mol. The molecule has 3 aromatic rings. The summed E-state index contributed by atoms with van der Waals surface area (Å²) in [6, 6.07) is 17.8. The second-order valence-electron chi connectivity index (χ2n) is 4.37. The SMILES string of the molecule is OCc1ccc(-c2ncc(-c3ccccc3)[nH]2)cc1. The zero-order chi connectivity index (χ0) is 13.1. The Morgan fingerprint density at radius 3 is 2.32 bits per heavy atom. The molecular formula is C16H14N2O. The number of benzene rings is 2.